The van der Waals surface area contributed by atoms with E-state index < -0.39 is 105 Å². The van der Waals surface area contributed by atoms with Gasteiger partial charge >= 0.3 is 0 Å². The normalized spacial score (nSPS) is 28.4. The molecule has 1 amide bonds. The van der Waals surface area contributed by atoms with E-state index in [0.29, 0.717) is 0 Å². The van der Waals surface area contributed by atoms with Crippen molar-refractivity contribution < 1.29 is 71.5 Å². The zero-order valence-corrected chi connectivity index (χ0v) is 46.9. The van der Waals surface area contributed by atoms with Crippen molar-refractivity contribution in [2.75, 3.05) is 20.3 Å². The molecular weight excluding hydrogens is 1070 g/mol. The van der Waals surface area contributed by atoms with Gasteiger partial charge in [-0.05, 0) is 38.9 Å². The number of hydrogen-bond donors (Lipinski definition) is 2. The number of amides is 1. The van der Waals surface area contributed by atoms with E-state index in [1.165, 1.54) is 0 Å². The first-order valence-electron chi connectivity index (χ1n) is 28.7. The maximum Gasteiger partial charge on any atom is 0.252 e. The van der Waals surface area contributed by atoms with Crippen LogP contribution < -0.4 is 5.32 Å². The summed E-state index contributed by atoms with van der Waals surface area (Å²) in [6, 6.07) is 67.7. The lowest BCUT2D eigenvalue weighted by Gasteiger charge is -2.53. The molecule has 0 unspecified atom stereocenters. The van der Waals surface area contributed by atoms with E-state index in [4.69, 9.17) is 61.6 Å². The standard InChI is InChI=1S/C68H73NO15/c1-72-67-63(78-43-51-33-19-7-20-34-51)60(77-42-50-31-17-6-18-32-50)57(74-39-47-25-11-3-12-26-47)54(82-67)45-80-66-55-58(75-40-48-27-13-4-14-28-48)61(62(84-66)65(71)69-55)83-68-64(79-44-52-35-21-8-22-36-52)59(76-41-49-29-15-5-16-30-49)56(53(37-70)81-68)73-38-46-23-9-2-10-24-46/h2-36,53-64,66-68,70H,37-45H2,1H3,(H,69,71)/t53-,54-,55+,56-,57-,58+,59+,60+,61-,62+,63-,64-,66-,67+,68-/m1/s1. The van der Waals surface area contributed by atoms with Gasteiger partial charge in [-0.25, -0.2) is 0 Å². The topological polar surface area (TPSA) is 169 Å². The molecular formula is C68H73NO15. The molecule has 5 fully saturated rings. The lowest BCUT2D eigenvalue weighted by molar-refractivity contribution is -0.368. The highest BCUT2D eigenvalue weighted by Crippen LogP contribution is 2.39. The van der Waals surface area contributed by atoms with Gasteiger partial charge in [-0.3, -0.25) is 4.79 Å². The quantitative estimate of drug-likeness (QED) is 0.0477. The highest BCUT2D eigenvalue weighted by atomic mass is 16.8. The molecule has 7 aromatic rings. The molecule has 5 aliphatic rings. The fourth-order valence-corrected chi connectivity index (χ4v) is 11.1. The minimum absolute atomic E-state index is 0.0965. The third-order valence-electron chi connectivity index (χ3n) is 15.4. The van der Waals surface area contributed by atoms with Crippen molar-refractivity contribution in [1.82, 2.24) is 5.32 Å². The summed E-state index contributed by atoms with van der Waals surface area (Å²) in [7, 11) is 1.57. The van der Waals surface area contributed by atoms with E-state index in [-0.39, 0.29) is 52.9 Å². The smallest absolute Gasteiger partial charge is 0.252 e. The number of rotatable bonds is 28. The zero-order valence-electron chi connectivity index (χ0n) is 46.9. The largest absolute Gasteiger partial charge is 0.394 e. The lowest BCUT2D eigenvalue weighted by atomic mass is 9.90. The molecule has 0 radical (unpaired) electrons. The number of carbonyl (C=O) groups is 1. The molecule has 2 N–H and O–H groups in total. The second kappa shape index (κ2) is 30.0. The van der Waals surface area contributed by atoms with Gasteiger partial charge in [0.05, 0.1) is 59.5 Å². The van der Waals surface area contributed by atoms with Crippen LogP contribution in [0.15, 0.2) is 212 Å². The Bertz CT molecular complexity index is 3010. The van der Waals surface area contributed by atoms with Crippen molar-refractivity contribution in [2.45, 2.75) is 138 Å². The summed E-state index contributed by atoms with van der Waals surface area (Å²) >= 11 is 0. The van der Waals surface area contributed by atoms with Crippen LogP contribution in [0.25, 0.3) is 0 Å². The Kier molecular flexibility index (Phi) is 21.1. The lowest BCUT2D eigenvalue weighted by Crippen LogP contribution is -2.75. The summed E-state index contributed by atoms with van der Waals surface area (Å²) in [6.07, 6.45) is -13.2. The number of methoxy groups -OCH3 is 1. The summed E-state index contributed by atoms with van der Waals surface area (Å²) in [6.45, 7) is 0.867. The number of morpholine rings is 1. The minimum atomic E-state index is -1.29. The number of aliphatic hydroxyl groups excluding tert-OH is 1. The number of piperidine rings is 1. The Labute approximate surface area is 490 Å². The van der Waals surface area contributed by atoms with Crippen LogP contribution in [0.5, 0.6) is 0 Å². The van der Waals surface area contributed by atoms with E-state index >= 15 is 0 Å². The van der Waals surface area contributed by atoms with Crippen molar-refractivity contribution in [3.63, 3.8) is 0 Å². The molecule has 0 saturated carbocycles. The Hall–Kier alpha value is -6.55. The Morgan fingerprint density at radius 3 is 1.05 bits per heavy atom. The van der Waals surface area contributed by atoms with Gasteiger partial charge < -0.3 is 72.0 Å². The maximum atomic E-state index is 14.4. The predicted molar refractivity (Wildman–Crippen MR) is 308 cm³/mol. The number of aliphatic hydroxyl groups is 1. The monoisotopic (exact) mass is 1140 g/mol. The highest BCUT2D eigenvalue weighted by Gasteiger charge is 2.60. The summed E-state index contributed by atoms with van der Waals surface area (Å²) in [5.41, 5.74) is 6.48. The molecule has 16 heteroatoms. The van der Waals surface area contributed by atoms with E-state index in [1.54, 1.807) is 7.11 Å². The molecule has 440 valence electrons. The molecule has 5 aliphatic heterocycles. The number of benzene rings is 7. The van der Waals surface area contributed by atoms with Crippen molar-refractivity contribution in [3.05, 3.63) is 251 Å². The molecule has 5 saturated heterocycles. The van der Waals surface area contributed by atoms with Gasteiger partial charge in [0.15, 0.2) is 25.0 Å². The molecule has 84 heavy (non-hydrogen) atoms. The average Bonchev–Trinajstić information content (AvgIpc) is 1.61. The number of hydrogen-bond acceptors (Lipinski definition) is 15. The summed E-state index contributed by atoms with van der Waals surface area (Å²) < 4.78 is 88.1. The van der Waals surface area contributed by atoms with Crippen LogP contribution in [0.1, 0.15) is 38.9 Å². The highest BCUT2D eigenvalue weighted by molar-refractivity contribution is 5.84. The van der Waals surface area contributed by atoms with Crippen LogP contribution in [0.4, 0.5) is 0 Å². The third kappa shape index (κ3) is 15.3. The molecule has 5 heterocycles. The maximum absolute atomic E-state index is 14.4. The first-order valence-corrected chi connectivity index (χ1v) is 28.7. The molecule has 16 nitrogen and oxygen atoms in total. The SMILES string of the molecule is CO[C@H]1O[C@H](CO[C@@H]2O[C@@H]3C(=O)N[C@H]2[C@H](OCc2ccccc2)[C@H]3O[C@H]2O[C@H](CO)[C@@H](OCc3ccccc3)[C@H](OCc3ccccc3)[C@H]2OCc2ccccc2)[C@@H](OCc2ccccc2)[C@H](OCc2ccccc2)[C@H]1OCc1ccccc1. The molecule has 0 aliphatic carbocycles. The number of nitrogens with one attached hydrogen (secondary N) is 1. The van der Waals surface area contributed by atoms with E-state index in [2.05, 4.69) is 5.32 Å². The molecule has 15 atom stereocenters. The fraction of sp³-hybridized carbons (Fsp3) is 0.368. The predicted octanol–water partition coefficient (Wildman–Crippen LogP) is 8.80. The van der Waals surface area contributed by atoms with Crippen molar-refractivity contribution in [1.29, 1.82) is 0 Å². The second-order valence-electron chi connectivity index (χ2n) is 21.2. The molecule has 12 rings (SSSR count). The number of fused-ring (bicyclic) bond motifs is 3. The number of ether oxygens (including phenoxy) is 13. The van der Waals surface area contributed by atoms with Crippen molar-refractivity contribution in [3.8, 4) is 0 Å². The first kappa shape index (κ1) is 59.2. The minimum Gasteiger partial charge on any atom is -0.394 e. The van der Waals surface area contributed by atoms with Crippen LogP contribution in [0, 0.1) is 0 Å². The van der Waals surface area contributed by atoms with Crippen LogP contribution in [-0.4, -0.2) is 123 Å². The Morgan fingerprint density at radius 2 is 0.679 bits per heavy atom. The third-order valence-corrected chi connectivity index (χ3v) is 15.4. The van der Waals surface area contributed by atoms with Gasteiger partial charge in [0, 0.05) is 7.11 Å². The Morgan fingerprint density at radius 1 is 0.357 bits per heavy atom. The van der Waals surface area contributed by atoms with Crippen LogP contribution >= 0.6 is 0 Å². The zero-order chi connectivity index (χ0) is 57.3. The van der Waals surface area contributed by atoms with Gasteiger partial charge in [0.2, 0.25) is 0 Å². The van der Waals surface area contributed by atoms with Gasteiger partial charge in [0.1, 0.15) is 67.1 Å². The summed E-state index contributed by atoms with van der Waals surface area (Å²) in [5, 5.41) is 14.3. The molecule has 0 aromatic heterocycles. The van der Waals surface area contributed by atoms with Crippen molar-refractivity contribution in [2.24, 2.45) is 0 Å². The first-order chi connectivity index (χ1) is 41.5. The Balaban J connectivity index is 0.888. The summed E-state index contributed by atoms with van der Waals surface area (Å²) in [5.74, 6) is -0.438. The van der Waals surface area contributed by atoms with Gasteiger partial charge in [-0.15, -0.1) is 0 Å². The van der Waals surface area contributed by atoms with Gasteiger partial charge in [-0.2, -0.15) is 0 Å². The van der Waals surface area contributed by atoms with E-state index in [9.17, 15) is 9.90 Å². The van der Waals surface area contributed by atoms with Crippen molar-refractivity contribution >= 4 is 5.91 Å². The molecule has 7 aromatic carbocycles. The van der Waals surface area contributed by atoms with E-state index in [0.717, 1.165) is 38.9 Å². The summed E-state index contributed by atoms with van der Waals surface area (Å²) in [4.78, 5) is 14.4. The van der Waals surface area contributed by atoms with Crippen LogP contribution in [0.2, 0.25) is 0 Å². The van der Waals surface area contributed by atoms with Crippen LogP contribution in [0.3, 0.4) is 0 Å². The number of carbonyl (C=O) groups excluding carboxylic acids is 1. The molecule has 2 bridgehead atoms. The second-order valence-corrected chi connectivity index (χ2v) is 21.2. The van der Waals surface area contributed by atoms with E-state index in [1.807, 2.05) is 212 Å². The van der Waals surface area contributed by atoms with Crippen LogP contribution in [-0.2, 0) is 113 Å². The average molecular weight is 1140 g/mol. The van der Waals surface area contributed by atoms with Gasteiger partial charge in [0.25, 0.3) is 5.91 Å². The fourth-order valence-electron chi connectivity index (χ4n) is 11.1. The molecule has 0 spiro atoms. The van der Waals surface area contributed by atoms with Gasteiger partial charge in [-0.1, -0.05) is 212 Å².